The highest BCUT2D eigenvalue weighted by Gasteiger charge is 2.29. The lowest BCUT2D eigenvalue weighted by atomic mass is 9.84. The molecule has 1 aliphatic carbocycles. The van der Waals surface area contributed by atoms with Crippen LogP contribution in [0.25, 0.3) is 0 Å². The van der Waals surface area contributed by atoms with Crippen LogP contribution in [0.2, 0.25) is 0 Å². The number of rotatable bonds is 3. The summed E-state index contributed by atoms with van der Waals surface area (Å²) in [5, 5.41) is 0. The van der Waals surface area contributed by atoms with E-state index >= 15 is 0 Å². The summed E-state index contributed by atoms with van der Waals surface area (Å²) < 4.78 is 1.17. The SMILES string of the molecule is CC1CCCCC1N1CCN(Cc2ccc(Br)cc2)CC1. The molecule has 1 aromatic carbocycles. The minimum atomic E-state index is 0.855. The Balaban J connectivity index is 1.49. The maximum Gasteiger partial charge on any atom is 0.0234 e. The summed E-state index contributed by atoms with van der Waals surface area (Å²) in [7, 11) is 0. The second kappa shape index (κ2) is 7.26. The van der Waals surface area contributed by atoms with Crippen LogP contribution in [0.5, 0.6) is 0 Å². The number of piperazine rings is 1. The smallest absolute Gasteiger partial charge is 0.0234 e. The van der Waals surface area contributed by atoms with Crippen molar-refractivity contribution in [2.75, 3.05) is 26.2 Å². The zero-order chi connectivity index (χ0) is 14.7. The molecule has 2 aliphatic rings. The van der Waals surface area contributed by atoms with Gasteiger partial charge in [-0.3, -0.25) is 9.80 Å². The topological polar surface area (TPSA) is 6.48 Å². The first-order chi connectivity index (χ1) is 10.2. The number of hydrogen-bond donors (Lipinski definition) is 0. The molecule has 0 N–H and O–H groups in total. The van der Waals surface area contributed by atoms with Crippen LogP contribution in [0.15, 0.2) is 28.7 Å². The third-order valence-corrected chi connectivity index (χ3v) is 5.79. The summed E-state index contributed by atoms with van der Waals surface area (Å²) in [6.45, 7) is 8.51. The lowest BCUT2D eigenvalue weighted by molar-refractivity contribution is 0.0518. The average molecular weight is 351 g/mol. The van der Waals surface area contributed by atoms with Gasteiger partial charge in [0.2, 0.25) is 0 Å². The third-order valence-electron chi connectivity index (χ3n) is 5.26. The first-order valence-corrected chi connectivity index (χ1v) is 9.22. The Hall–Kier alpha value is -0.380. The Kier molecular flexibility index (Phi) is 5.36. The highest BCUT2D eigenvalue weighted by atomic mass is 79.9. The number of nitrogens with zero attached hydrogens (tertiary/aromatic N) is 2. The van der Waals surface area contributed by atoms with E-state index in [0.29, 0.717) is 0 Å². The molecule has 1 aromatic rings. The van der Waals surface area contributed by atoms with Crippen molar-refractivity contribution in [2.24, 2.45) is 5.92 Å². The van der Waals surface area contributed by atoms with Gasteiger partial charge in [0.1, 0.15) is 0 Å². The van der Waals surface area contributed by atoms with Crippen LogP contribution >= 0.6 is 15.9 Å². The van der Waals surface area contributed by atoms with Crippen molar-refractivity contribution in [1.82, 2.24) is 9.80 Å². The fourth-order valence-corrected chi connectivity index (χ4v) is 4.20. The van der Waals surface area contributed by atoms with Gasteiger partial charge >= 0.3 is 0 Å². The lowest BCUT2D eigenvalue weighted by Crippen LogP contribution is -2.52. The molecule has 0 aromatic heterocycles. The van der Waals surface area contributed by atoms with Gasteiger partial charge in [-0.05, 0) is 36.5 Å². The van der Waals surface area contributed by atoms with Crippen molar-refractivity contribution in [1.29, 1.82) is 0 Å². The molecule has 0 spiro atoms. The minimum Gasteiger partial charge on any atom is -0.298 e. The fraction of sp³-hybridized carbons (Fsp3) is 0.667. The largest absolute Gasteiger partial charge is 0.298 e. The molecule has 21 heavy (non-hydrogen) atoms. The van der Waals surface area contributed by atoms with E-state index in [1.165, 1.54) is 61.9 Å². The Morgan fingerprint density at radius 2 is 1.67 bits per heavy atom. The first-order valence-electron chi connectivity index (χ1n) is 8.43. The van der Waals surface area contributed by atoms with Gasteiger partial charge in [0.05, 0.1) is 0 Å². The molecule has 0 bridgehead atoms. The second-order valence-corrected chi connectivity index (χ2v) is 7.68. The van der Waals surface area contributed by atoms with Crippen LogP contribution in [0.3, 0.4) is 0 Å². The van der Waals surface area contributed by atoms with Crippen molar-refractivity contribution < 1.29 is 0 Å². The van der Waals surface area contributed by atoms with E-state index in [1.807, 2.05) is 0 Å². The van der Waals surface area contributed by atoms with Crippen LogP contribution in [0.4, 0.5) is 0 Å². The van der Waals surface area contributed by atoms with Gasteiger partial charge < -0.3 is 0 Å². The highest BCUT2D eigenvalue weighted by molar-refractivity contribution is 9.10. The van der Waals surface area contributed by atoms with E-state index in [2.05, 4.69) is 56.9 Å². The van der Waals surface area contributed by atoms with Gasteiger partial charge in [0, 0.05) is 43.2 Å². The molecule has 1 aliphatic heterocycles. The van der Waals surface area contributed by atoms with Crippen molar-refractivity contribution in [3.8, 4) is 0 Å². The molecule has 2 nitrogen and oxygen atoms in total. The number of halogens is 1. The van der Waals surface area contributed by atoms with Crippen LogP contribution < -0.4 is 0 Å². The first kappa shape index (κ1) is 15.5. The minimum absolute atomic E-state index is 0.855. The van der Waals surface area contributed by atoms with Crippen molar-refractivity contribution >= 4 is 15.9 Å². The number of hydrogen-bond acceptors (Lipinski definition) is 2. The van der Waals surface area contributed by atoms with Crippen LogP contribution in [-0.4, -0.2) is 42.0 Å². The Morgan fingerprint density at radius 3 is 2.33 bits per heavy atom. The highest BCUT2D eigenvalue weighted by Crippen LogP contribution is 2.28. The van der Waals surface area contributed by atoms with Gasteiger partial charge in [-0.25, -0.2) is 0 Å². The van der Waals surface area contributed by atoms with Crippen LogP contribution in [0.1, 0.15) is 38.2 Å². The monoisotopic (exact) mass is 350 g/mol. The normalized spacial score (nSPS) is 28.7. The quantitative estimate of drug-likeness (QED) is 0.807. The van der Waals surface area contributed by atoms with Crippen LogP contribution in [0, 0.1) is 5.92 Å². The fourth-order valence-electron chi connectivity index (χ4n) is 3.94. The van der Waals surface area contributed by atoms with E-state index < -0.39 is 0 Å². The zero-order valence-corrected chi connectivity index (χ0v) is 14.7. The van der Waals surface area contributed by atoms with Crippen molar-refractivity contribution in [3.05, 3.63) is 34.3 Å². The van der Waals surface area contributed by atoms with E-state index in [4.69, 9.17) is 0 Å². The zero-order valence-electron chi connectivity index (χ0n) is 13.1. The third kappa shape index (κ3) is 4.08. The molecule has 1 heterocycles. The van der Waals surface area contributed by atoms with Gasteiger partial charge in [-0.15, -0.1) is 0 Å². The van der Waals surface area contributed by atoms with Gasteiger partial charge in [-0.2, -0.15) is 0 Å². The predicted octanol–water partition coefficient (Wildman–Crippen LogP) is 4.15. The molecule has 0 amide bonds. The molecule has 3 heteroatoms. The lowest BCUT2D eigenvalue weighted by Gasteiger charge is -2.43. The van der Waals surface area contributed by atoms with Crippen molar-refractivity contribution in [3.63, 3.8) is 0 Å². The van der Waals surface area contributed by atoms with E-state index in [9.17, 15) is 0 Å². The second-order valence-electron chi connectivity index (χ2n) is 6.77. The summed E-state index contributed by atoms with van der Waals surface area (Å²) in [6, 6.07) is 9.62. The molecule has 1 saturated heterocycles. The Morgan fingerprint density at radius 1 is 1.00 bits per heavy atom. The molecule has 2 unspecified atom stereocenters. The summed E-state index contributed by atoms with van der Waals surface area (Å²) in [5.74, 6) is 0.900. The number of benzene rings is 1. The van der Waals surface area contributed by atoms with Gasteiger partial charge in [0.15, 0.2) is 0 Å². The molecule has 3 rings (SSSR count). The molecule has 116 valence electrons. The summed E-state index contributed by atoms with van der Waals surface area (Å²) in [4.78, 5) is 5.37. The molecule has 1 saturated carbocycles. The maximum atomic E-state index is 3.51. The summed E-state index contributed by atoms with van der Waals surface area (Å²) in [6.07, 6.45) is 5.74. The Labute approximate surface area is 137 Å². The molecule has 2 atom stereocenters. The van der Waals surface area contributed by atoms with Gasteiger partial charge in [-0.1, -0.05) is 47.8 Å². The molecule has 2 fully saturated rings. The average Bonchev–Trinajstić information content (AvgIpc) is 2.51. The Bertz CT molecular complexity index is 437. The van der Waals surface area contributed by atoms with Gasteiger partial charge in [0.25, 0.3) is 0 Å². The summed E-state index contributed by atoms with van der Waals surface area (Å²) in [5.41, 5.74) is 1.43. The van der Waals surface area contributed by atoms with Crippen LogP contribution in [-0.2, 0) is 6.54 Å². The molecular formula is C18H27BrN2. The maximum absolute atomic E-state index is 3.51. The molecule has 0 radical (unpaired) electrons. The van der Waals surface area contributed by atoms with E-state index in [1.54, 1.807) is 0 Å². The predicted molar refractivity (Wildman–Crippen MR) is 92.4 cm³/mol. The van der Waals surface area contributed by atoms with E-state index in [-0.39, 0.29) is 0 Å². The van der Waals surface area contributed by atoms with E-state index in [0.717, 1.165) is 18.5 Å². The van der Waals surface area contributed by atoms with Crippen molar-refractivity contribution in [2.45, 2.75) is 45.2 Å². The summed E-state index contributed by atoms with van der Waals surface area (Å²) >= 11 is 3.51. The molecular weight excluding hydrogens is 324 g/mol. The standard InChI is InChI=1S/C18H27BrN2/c1-15-4-2-3-5-18(15)21-12-10-20(11-13-21)14-16-6-8-17(19)9-7-16/h6-9,15,18H,2-5,10-14H2,1H3.